The van der Waals surface area contributed by atoms with Crippen LogP contribution in [0.25, 0.3) is 0 Å². The second-order valence-corrected chi connectivity index (χ2v) is 7.70. The number of rotatable bonds is 5. The van der Waals surface area contributed by atoms with Gasteiger partial charge in [-0.25, -0.2) is 26.3 Å². The van der Waals surface area contributed by atoms with Crippen molar-refractivity contribution >= 4 is 10.0 Å². The predicted molar refractivity (Wildman–Crippen MR) is 83.3 cm³/mol. The maximum atomic E-state index is 13.8. The van der Waals surface area contributed by atoms with Gasteiger partial charge >= 0.3 is 0 Å². The van der Waals surface area contributed by atoms with E-state index in [0.29, 0.717) is 6.07 Å². The third-order valence-electron chi connectivity index (χ3n) is 4.10. The van der Waals surface area contributed by atoms with E-state index < -0.39 is 38.4 Å². The summed E-state index contributed by atoms with van der Waals surface area (Å²) >= 11 is 0. The monoisotopic (exact) mass is 355 g/mol. The molecule has 0 amide bonds. The molecular weight excluding hydrogens is 339 g/mol. The summed E-state index contributed by atoms with van der Waals surface area (Å²) in [5.74, 6) is -4.82. The highest BCUT2D eigenvalue weighted by Crippen LogP contribution is 2.42. The van der Waals surface area contributed by atoms with Gasteiger partial charge in [-0.15, -0.1) is 0 Å². The molecule has 0 bridgehead atoms. The van der Waals surface area contributed by atoms with E-state index in [0.717, 1.165) is 30.0 Å². The lowest BCUT2D eigenvalue weighted by atomic mass is 10.0. The van der Waals surface area contributed by atoms with Gasteiger partial charge in [0.25, 0.3) is 0 Å². The molecule has 1 fully saturated rings. The molecule has 1 unspecified atom stereocenters. The van der Waals surface area contributed by atoms with Crippen LogP contribution in [0.2, 0.25) is 0 Å². The highest BCUT2D eigenvalue weighted by Gasteiger charge is 2.36. The number of nitrogens with one attached hydrogen (secondary N) is 1. The SMILES string of the molecule is Cc1ccc(C(NS(=O)(=O)c2ccc(F)c(F)c2F)C2CC2)cc1. The van der Waals surface area contributed by atoms with E-state index in [1.165, 1.54) is 0 Å². The summed E-state index contributed by atoms with van der Waals surface area (Å²) in [4.78, 5) is -0.890. The Hall–Kier alpha value is -1.86. The van der Waals surface area contributed by atoms with Gasteiger partial charge in [-0.05, 0) is 43.4 Å². The van der Waals surface area contributed by atoms with Gasteiger partial charge in [-0.3, -0.25) is 0 Å². The van der Waals surface area contributed by atoms with E-state index in [1.807, 2.05) is 31.2 Å². The van der Waals surface area contributed by atoms with Crippen LogP contribution in [0.1, 0.15) is 30.0 Å². The lowest BCUT2D eigenvalue weighted by Gasteiger charge is -2.19. The average Bonchev–Trinajstić information content (AvgIpc) is 3.36. The molecule has 2 aromatic carbocycles. The van der Waals surface area contributed by atoms with Crippen molar-refractivity contribution in [1.29, 1.82) is 0 Å². The molecule has 1 aliphatic rings. The lowest BCUT2D eigenvalue weighted by molar-refractivity contribution is 0.430. The van der Waals surface area contributed by atoms with Crippen LogP contribution in [0.15, 0.2) is 41.3 Å². The van der Waals surface area contributed by atoms with Gasteiger partial charge in [0.1, 0.15) is 4.90 Å². The van der Waals surface area contributed by atoms with Crippen LogP contribution in [0.5, 0.6) is 0 Å². The Morgan fingerprint density at radius 2 is 1.62 bits per heavy atom. The molecule has 1 aliphatic carbocycles. The first kappa shape index (κ1) is 17.0. The Morgan fingerprint density at radius 3 is 2.21 bits per heavy atom. The van der Waals surface area contributed by atoms with Crippen LogP contribution in [-0.2, 0) is 10.0 Å². The first-order valence-electron chi connectivity index (χ1n) is 7.52. The third-order valence-corrected chi connectivity index (χ3v) is 5.56. The molecule has 3 rings (SSSR count). The molecule has 0 radical (unpaired) electrons. The fourth-order valence-electron chi connectivity index (χ4n) is 2.59. The maximum Gasteiger partial charge on any atom is 0.244 e. The minimum absolute atomic E-state index is 0.107. The average molecular weight is 355 g/mol. The summed E-state index contributed by atoms with van der Waals surface area (Å²) in [6.07, 6.45) is 1.70. The fraction of sp³-hybridized carbons (Fsp3) is 0.294. The summed E-state index contributed by atoms with van der Waals surface area (Å²) in [6, 6.07) is 8.14. The minimum Gasteiger partial charge on any atom is -0.207 e. The Labute approximate surface area is 138 Å². The lowest BCUT2D eigenvalue weighted by Crippen LogP contribution is -2.31. The van der Waals surface area contributed by atoms with Crippen molar-refractivity contribution in [2.45, 2.75) is 30.7 Å². The van der Waals surface area contributed by atoms with E-state index in [-0.39, 0.29) is 5.92 Å². The molecule has 2 aromatic rings. The van der Waals surface area contributed by atoms with E-state index >= 15 is 0 Å². The van der Waals surface area contributed by atoms with Crippen molar-refractivity contribution < 1.29 is 21.6 Å². The smallest absolute Gasteiger partial charge is 0.207 e. The number of benzene rings is 2. The Morgan fingerprint density at radius 1 is 1.00 bits per heavy atom. The minimum atomic E-state index is -4.32. The molecular formula is C17H16F3NO2S. The van der Waals surface area contributed by atoms with E-state index in [1.54, 1.807) is 0 Å². The van der Waals surface area contributed by atoms with Gasteiger partial charge in [0.05, 0.1) is 0 Å². The quantitative estimate of drug-likeness (QED) is 0.829. The standard InChI is InChI=1S/C17H16F3NO2S/c1-10-2-4-11(5-3-10)17(12-6-7-12)21-24(22,23)14-9-8-13(18)15(19)16(14)20/h2-5,8-9,12,17,21H,6-7H2,1H3. The van der Waals surface area contributed by atoms with E-state index in [9.17, 15) is 21.6 Å². The molecule has 0 heterocycles. The Balaban J connectivity index is 1.95. The van der Waals surface area contributed by atoms with Crippen LogP contribution in [0.4, 0.5) is 13.2 Å². The molecule has 0 spiro atoms. The zero-order chi connectivity index (χ0) is 17.5. The Bertz CT molecular complexity index is 862. The second-order valence-electron chi connectivity index (χ2n) is 6.02. The Kier molecular flexibility index (Phi) is 4.40. The number of hydrogen-bond donors (Lipinski definition) is 1. The maximum absolute atomic E-state index is 13.8. The largest absolute Gasteiger partial charge is 0.244 e. The second kappa shape index (κ2) is 6.22. The number of sulfonamides is 1. The summed E-state index contributed by atoms with van der Waals surface area (Å²) in [7, 11) is -4.32. The number of hydrogen-bond acceptors (Lipinski definition) is 2. The summed E-state index contributed by atoms with van der Waals surface area (Å²) in [5, 5.41) is 0. The molecule has 0 aromatic heterocycles. The van der Waals surface area contributed by atoms with Crippen molar-refractivity contribution in [2.75, 3.05) is 0 Å². The number of aryl methyl sites for hydroxylation is 1. The zero-order valence-corrected chi connectivity index (χ0v) is 13.7. The van der Waals surface area contributed by atoms with Gasteiger partial charge < -0.3 is 0 Å². The van der Waals surface area contributed by atoms with Crippen molar-refractivity contribution in [1.82, 2.24) is 4.72 Å². The summed E-state index contributed by atoms with van der Waals surface area (Å²) in [6.45, 7) is 1.91. The molecule has 24 heavy (non-hydrogen) atoms. The predicted octanol–water partition coefficient (Wildman–Crippen LogP) is 3.84. The van der Waals surface area contributed by atoms with Gasteiger partial charge in [-0.1, -0.05) is 29.8 Å². The van der Waals surface area contributed by atoms with Crippen LogP contribution in [0.3, 0.4) is 0 Å². The van der Waals surface area contributed by atoms with Crippen LogP contribution in [0, 0.1) is 30.3 Å². The molecule has 0 aliphatic heterocycles. The first-order valence-corrected chi connectivity index (χ1v) is 9.00. The van der Waals surface area contributed by atoms with E-state index in [4.69, 9.17) is 0 Å². The van der Waals surface area contributed by atoms with Crippen molar-refractivity contribution in [3.8, 4) is 0 Å². The van der Waals surface area contributed by atoms with Gasteiger partial charge in [-0.2, -0.15) is 0 Å². The highest BCUT2D eigenvalue weighted by molar-refractivity contribution is 7.89. The molecule has 3 nitrogen and oxygen atoms in total. The fourth-order valence-corrected chi connectivity index (χ4v) is 3.95. The molecule has 7 heteroatoms. The van der Waals surface area contributed by atoms with Crippen molar-refractivity contribution in [3.63, 3.8) is 0 Å². The highest BCUT2D eigenvalue weighted by atomic mass is 32.2. The summed E-state index contributed by atoms with van der Waals surface area (Å²) < 4.78 is 67.6. The van der Waals surface area contributed by atoms with Gasteiger partial charge in [0.2, 0.25) is 10.0 Å². The molecule has 0 saturated heterocycles. The van der Waals surface area contributed by atoms with Crippen molar-refractivity contribution in [3.05, 3.63) is 65.0 Å². The van der Waals surface area contributed by atoms with Crippen LogP contribution < -0.4 is 4.72 Å². The molecule has 1 N–H and O–H groups in total. The van der Waals surface area contributed by atoms with Crippen LogP contribution in [-0.4, -0.2) is 8.42 Å². The molecule has 1 atom stereocenters. The van der Waals surface area contributed by atoms with E-state index in [2.05, 4.69) is 4.72 Å². The van der Waals surface area contributed by atoms with Gasteiger partial charge in [0.15, 0.2) is 17.5 Å². The summed E-state index contributed by atoms with van der Waals surface area (Å²) in [5.41, 5.74) is 1.79. The van der Waals surface area contributed by atoms with Crippen molar-refractivity contribution in [2.24, 2.45) is 5.92 Å². The van der Waals surface area contributed by atoms with Gasteiger partial charge in [0, 0.05) is 6.04 Å². The number of halogens is 3. The topological polar surface area (TPSA) is 46.2 Å². The normalized spacial score (nSPS) is 16.2. The third kappa shape index (κ3) is 3.32. The zero-order valence-electron chi connectivity index (χ0n) is 12.9. The molecule has 128 valence electrons. The van der Waals surface area contributed by atoms with Crippen LogP contribution >= 0.6 is 0 Å². The first-order chi connectivity index (χ1) is 11.3. The molecule has 1 saturated carbocycles.